The predicted octanol–water partition coefficient (Wildman–Crippen LogP) is 3.93. The molecule has 0 fully saturated rings. The number of furan rings is 1. The van der Waals surface area contributed by atoms with E-state index in [4.69, 9.17) is 4.42 Å². The highest BCUT2D eigenvalue weighted by molar-refractivity contribution is 6.00. The van der Waals surface area contributed by atoms with Gasteiger partial charge in [0.2, 0.25) is 5.95 Å². The molecule has 0 aliphatic carbocycles. The van der Waals surface area contributed by atoms with Gasteiger partial charge in [-0.15, -0.1) is 0 Å². The molecule has 170 valence electrons. The summed E-state index contributed by atoms with van der Waals surface area (Å²) in [4.78, 5) is 30.6. The molecule has 0 unspecified atom stereocenters. The molecule has 1 amide bonds. The molecule has 0 radical (unpaired) electrons. The topological polar surface area (TPSA) is 107 Å². The Bertz CT molecular complexity index is 1550. The lowest BCUT2D eigenvalue weighted by Crippen LogP contribution is -2.34. The lowest BCUT2D eigenvalue weighted by atomic mass is 10.2. The Hall–Kier alpha value is -4.66. The number of hydrogen-bond acceptors (Lipinski definition) is 6. The summed E-state index contributed by atoms with van der Waals surface area (Å²) < 4.78 is 8.83. The van der Waals surface area contributed by atoms with Crippen molar-refractivity contribution < 1.29 is 9.21 Å². The summed E-state index contributed by atoms with van der Waals surface area (Å²) in [5.74, 6) is 0.981. The molecule has 34 heavy (non-hydrogen) atoms. The van der Waals surface area contributed by atoms with E-state index in [0.717, 1.165) is 5.69 Å². The zero-order valence-corrected chi connectivity index (χ0v) is 18.6. The van der Waals surface area contributed by atoms with Gasteiger partial charge in [0.05, 0.1) is 22.2 Å². The number of nitrogens with zero attached hydrogens (tertiary/aromatic N) is 4. The minimum Gasteiger partial charge on any atom is -0.460 e. The van der Waals surface area contributed by atoms with Gasteiger partial charge in [0.25, 0.3) is 11.5 Å². The molecule has 0 aliphatic heterocycles. The van der Waals surface area contributed by atoms with Crippen LogP contribution >= 0.6 is 0 Å². The summed E-state index contributed by atoms with van der Waals surface area (Å²) in [5, 5.41) is 5.11. The Kier molecular flexibility index (Phi) is 5.43. The van der Waals surface area contributed by atoms with Gasteiger partial charge in [-0.2, -0.15) is 5.10 Å². The number of para-hydroxylation sites is 2. The fraction of sp³-hybridized carbons (Fsp3) is 0.120. The van der Waals surface area contributed by atoms with Gasteiger partial charge in [-0.1, -0.05) is 30.3 Å². The van der Waals surface area contributed by atoms with Crippen molar-refractivity contribution >= 4 is 22.8 Å². The summed E-state index contributed by atoms with van der Waals surface area (Å²) in [7, 11) is 0. The molecular formula is C25H22N6O3. The van der Waals surface area contributed by atoms with Crippen molar-refractivity contribution in [2.45, 2.75) is 20.4 Å². The van der Waals surface area contributed by atoms with E-state index in [-0.39, 0.29) is 11.5 Å². The van der Waals surface area contributed by atoms with E-state index in [1.807, 2.05) is 56.3 Å². The molecular weight excluding hydrogens is 432 g/mol. The molecule has 5 rings (SSSR count). The third-order valence-electron chi connectivity index (χ3n) is 5.42. The molecule has 0 bridgehead atoms. The van der Waals surface area contributed by atoms with Crippen molar-refractivity contribution in [2.24, 2.45) is 0 Å². The fourth-order valence-corrected chi connectivity index (χ4v) is 3.73. The van der Waals surface area contributed by atoms with Crippen LogP contribution < -0.4 is 16.4 Å². The largest absolute Gasteiger partial charge is 0.460 e. The Morgan fingerprint density at radius 1 is 1.03 bits per heavy atom. The number of carbonyl (C=O) groups excluding carboxylic acids is 1. The Morgan fingerprint density at radius 3 is 2.53 bits per heavy atom. The van der Waals surface area contributed by atoms with Crippen LogP contribution in [-0.4, -0.2) is 25.2 Å². The maximum Gasteiger partial charge on any atom is 0.273 e. The maximum absolute atomic E-state index is 13.2. The average Bonchev–Trinajstić information content (AvgIpc) is 3.50. The molecule has 0 saturated heterocycles. The molecule has 0 saturated carbocycles. The molecule has 3 heterocycles. The number of anilines is 1. The van der Waals surface area contributed by atoms with Gasteiger partial charge < -0.3 is 4.42 Å². The van der Waals surface area contributed by atoms with Crippen LogP contribution in [-0.2, 0) is 6.54 Å². The van der Waals surface area contributed by atoms with Crippen molar-refractivity contribution in [2.75, 3.05) is 5.43 Å². The van der Waals surface area contributed by atoms with Crippen molar-refractivity contribution in [1.29, 1.82) is 0 Å². The monoisotopic (exact) mass is 454 g/mol. The zero-order chi connectivity index (χ0) is 23.7. The molecule has 3 aromatic heterocycles. The van der Waals surface area contributed by atoms with E-state index in [1.54, 1.807) is 35.1 Å². The van der Waals surface area contributed by atoms with Crippen LogP contribution in [0.4, 0.5) is 5.95 Å². The lowest BCUT2D eigenvalue weighted by Gasteiger charge is -2.13. The Labute approximate surface area is 194 Å². The standard InChI is InChI=1S/C25H22N6O3/c1-3-30-24(33)18-11-7-8-12-20(18)26-25(30)28-27-23(32)19-15-31(17-9-5-4-6-10-17)29-22(19)21-14-13-16(2)34-21/h4-15H,3H2,1-2H3,(H,26,28)(H,27,32). The number of rotatable bonds is 6. The maximum atomic E-state index is 13.2. The van der Waals surface area contributed by atoms with Gasteiger partial charge in [0.1, 0.15) is 11.5 Å². The van der Waals surface area contributed by atoms with E-state index >= 15 is 0 Å². The van der Waals surface area contributed by atoms with E-state index in [0.29, 0.717) is 40.2 Å². The average molecular weight is 454 g/mol. The molecule has 9 heteroatoms. The number of hydrazine groups is 1. The summed E-state index contributed by atoms with van der Waals surface area (Å²) >= 11 is 0. The van der Waals surface area contributed by atoms with Crippen LogP contribution in [0.25, 0.3) is 28.0 Å². The van der Waals surface area contributed by atoms with Crippen LogP contribution in [0.15, 0.2) is 82.1 Å². The first-order valence-electron chi connectivity index (χ1n) is 10.8. The molecule has 0 spiro atoms. The predicted molar refractivity (Wildman–Crippen MR) is 129 cm³/mol. The molecule has 2 aromatic carbocycles. The van der Waals surface area contributed by atoms with Crippen molar-refractivity contribution in [3.63, 3.8) is 0 Å². The minimum atomic E-state index is -0.448. The summed E-state index contributed by atoms with van der Waals surface area (Å²) in [5.41, 5.74) is 7.33. The quantitative estimate of drug-likeness (QED) is 0.377. The van der Waals surface area contributed by atoms with Crippen LogP contribution in [0.2, 0.25) is 0 Å². The van der Waals surface area contributed by atoms with Crippen LogP contribution in [0, 0.1) is 6.92 Å². The second-order valence-corrected chi connectivity index (χ2v) is 7.66. The number of fused-ring (bicyclic) bond motifs is 1. The normalized spacial score (nSPS) is 11.0. The number of nitrogens with one attached hydrogen (secondary N) is 2. The molecule has 0 atom stereocenters. The van der Waals surface area contributed by atoms with Crippen LogP contribution in [0.3, 0.4) is 0 Å². The minimum absolute atomic E-state index is 0.187. The first-order valence-corrected chi connectivity index (χ1v) is 10.8. The van der Waals surface area contributed by atoms with E-state index < -0.39 is 5.91 Å². The number of amides is 1. The molecule has 9 nitrogen and oxygen atoms in total. The van der Waals surface area contributed by atoms with Crippen molar-refractivity contribution in [3.05, 3.63) is 94.6 Å². The number of hydrogen-bond donors (Lipinski definition) is 2. The highest BCUT2D eigenvalue weighted by Gasteiger charge is 2.21. The number of aromatic nitrogens is 4. The summed E-state index contributed by atoms with van der Waals surface area (Å²) in [6.45, 7) is 4.05. The molecule has 0 aliphatic rings. The Morgan fingerprint density at radius 2 is 1.79 bits per heavy atom. The van der Waals surface area contributed by atoms with Gasteiger partial charge in [0.15, 0.2) is 5.76 Å². The van der Waals surface area contributed by atoms with Crippen molar-refractivity contribution in [1.82, 2.24) is 24.8 Å². The highest BCUT2D eigenvalue weighted by atomic mass is 16.3. The van der Waals surface area contributed by atoms with Gasteiger partial charge in [-0.05, 0) is 50.2 Å². The van der Waals surface area contributed by atoms with Crippen LogP contribution in [0.1, 0.15) is 23.0 Å². The van der Waals surface area contributed by atoms with Gasteiger partial charge in [-0.25, -0.2) is 9.67 Å². The smallest absolute Gasteiger partial charge is 0.273 e. The van der Waals surface area contributed by atoms with Gasteiger partial charge >= 0.3 is 0 Å². The number of aryl methyl sites for hydroxylation is 1. The summed E-state index contributed by atoms with van der Waals surface area (Å²) in [6.07, 6.45) is 1.64. The van der Waals surface area contributed by atoms with E-state index in [1.165, 1.54) is 4.57 Å². The second-order valence-electron chi connectivity index (χ2n) is 7.66. The molecule has 5 aromatic rings. The SMILES string of the molecule is CCn1c(NNC(=O)c2cn(-c3ccccc3)nc2-c2ccc(C)o2)nc2ccccc2c1=O. The summed E-state index contributed by atoms with van der Waals surface area (Å²) in [6, 6.07) is 20.2. The van der Waals surface area contributed by atoms with E-state index in [2.05, 4.69) is 20.9 Å². The highest BCUT2D eigenvalue weighted by Crippen LogP contribution is 2.25. The zero-order valence-electron chi connectivity index (χ0n) is 18.6. The lowest BCUT2D eigenvalue weighted by molar-refractivity contribution is 0.0962. The third kappa shape index (κ3) is 3.83. The Balaban J connectivity index is 1.49. The first-order chi connectivity index (χ1) is 16.5. The van der Waals surface area contributed by atoms with Gasteiger partial charge in [-0.3, -0.25) is 25.0 Å². The van der Waals surface area contributed by atoms with Gasteiger partial charge in [0, 0.05) is 12.7 Å². The third-order valence-corrected chi connectivity index (χ3v) is 5.42. The van der Waals surface area contributed by atoms with Crippen molar-refractivity contribution in [3.8, 4) is 17.1 Å². The number of benzene rings is 2. The van der Waals surface area contributed by atoms with E-state index in [9.17, 15) is 9.59 Å². The first kappa shape index (κ1) is 21.2. The van der Waals surface area contributed by atoms with Crippen LogP contribution in [0.5, 0.6) is 0 Å². The molecule has 2 N–H and O–H groups in total. The fourth-order valence-electron chi connectivity index (χ4n) is 3.73. The number of carbonyl (C=O) groups is 1. The second kappa shape index (κ2) is 8.70.